The smallest absolute Gasteiger partial charge is 0.222 e. The van der Waals surface area contributed by atoms with Crippen LogP contribution in [0.15, 0.2) is 42.9 Å². The SMILES string of the molecule is Oc1ncnc2c(NCC(O)CN3CCc4ccccc4C3)nccc12. The van der Waals surface area contributed by atoms with E-state index in [2.05, 4.69) is 49.4 Å². The molecule has 1 aliphatic heterocycles. The lowest BCUT2D eigenvalue weighted by Crippen LogP contribution is -2.39. The average molecular weight is 351 g/mol. The number of aliphatic hydroxyl groups is 1. The number of hydrogen-bond donors (Lipinski definition) is 3. The lowest BCUT2D eigenvalue weighted by Gasteiger charge is -2.30. The fraction of sp³-hybridized carbons (Fsp3) is 0.316. The van der Waals surface area contributed by atoms with Gasteiger partial charge in [0.2, 0.25) is 5.88 Å². The Labute approximate surface area is 151 Å². The van der Waals surface area contributed by atoms with Gasteiger partial charge >= 0.3 is 0 Å². The second-order valence-corrected chi connectivity index (χ2v) is 6.54. The van der Waals surface area contributed by atoms with E-state index in [0.29, 0.717) is 29.8 Å². The van der Waals surface area contributed by atoms with E-state index < -0.39 is 6.10 Å². The van der Waals surface area contributed by atoms with Crippen LogP contribution in [-0.4, -0.2) is 55.8 Å². The van der Waals surface area contributed by atoms with Gasteiger partial charge in [-0.25, -0.2) is 15.0 Å². The molecule has 0 radical (unpaired) electrons. The van der Waals surface area contributed by atoms with Gasteiger partial charge in [0.15, 0.2) is 5.82 Å². The summed E-state index contributed by atoms with van der Waals surface area (Å²) in [6.45, 7) is 2.75. The highest BCUT2D eigenvalue weighted by Crippen LogP contribution is 2.24. The molecule has 3 heterocycles. The number of aliphatic hydroxyl groups excluding tert-OH is 1. The highest BCUT2D eigenvalue weighted by Gasteiger charge is 2.18. The van der Waals surface area contributed by atoms with Gasteiger partial charge in [-0.1, -0.05) is 24.3 Å². The lowest BCUT2D eigenvalue weighted by atomic mass is 10.00. The summed E-state index contributed by atoms with van der Waals surface area (Å²) in [5, 5.41) is 23.9. The summed E-state index contributed by atoms with van der Waals surface area (Å²) in [4.78, 5) is 14.5. The number of nitrogens with one attached hydrogen (secondary N) is 1. The van der Waals surface area contributed by atoms with Gasteiger partial charge in [-0.3, -0.25) is 4.90 Å². The van der Waals surface area contributed by atoms with E-state index in [1.54, 1.807) is 12.3 Å². The maximum atomic E-state index is 10.4. The molecule has 1 aromatic carbocycles. The molecule has 134 valence electrons. The number of rotatable bonds is 5. The molecule has 1 atom stereocenters. The van der Waals surface area contributed by atoms with Crippen LogP contribution in [0.25, 0.3) is 10.9 Å². The molecule has 2 aromatic heterocycles. The fourth-order valence-electron chi connectivity index (χ4n) is 3.39. The van der Waals surface area contributed by atoms with Gasteiger partial charge in [0, 0.05) is 32.4 Å². The molecule has 0 bridgehead atoms. The molecule has 7 heteroatoms. The molecule has 1 aliphatic rings. The van der Waals surface area contributed by atoms with E-state index >= 15 is 0 Å². The van der Waals surface area contributed by atoms with Crippen molar-refractivity contribution in [1.29, 1.82) is 0 Å². The fourth-order valence-corrected chi connectivity index (χ4v) is 3.39. The third-order valence-corrected chi connectivity index (χ3v) is 4.72. The van der Waals surface area contributed by atoms with Gasteiger partial charge in [-0.2, -0.15) is 0 Å². The van der Waals surface area contributed by atoms with E-state index in [9.17, 15) is 10.2 Å². The second kappa shape index (κ2) is 7.23. The quantitative estimate of drug-likeness (QED) is 0.642. The lowest BCUT2D eigenvalue weighted by molar-refractivity contribution is 0.114. The molecule has 0 spiro atoms. The van der Waals surface area contributed by atoms with Crippen LogP contribution >= 0.6 is 0 Å². The van der Waals surface area contributed by atoms with Crippen LogP contribution in [0.3, 0.4) is 0 Å². The Morgan fingerprint density at radius 1 is 1.12 bits per heavy atom. The van der Waals surface area contributed by atoms with Gasteiger partial charge < -0.3 is 15.5 Å². The van der Waals surface area contributed by atoms with Crippen molar-refractivity contribution >= 4 is 16.7 Å². The number of aromatic nitrogens is 3. The Bertz CT molecular complexity index is 917. The zero-order valence-electron chi connectivity index (χ0n) is 14.3. The third kappa shape index (κ3) is 3.44. The summed E-state index contributed by atoms with van der Waals surface area (Å²) in [5.74, 6) is 0.455. The summed E-state index contributed by atoms with van der Waals surface area (Å²) in [6.07, 6.45) is 3.36. The van der Waals surface area contributed by atoms with Gasteiger partial charge in [0.1, 0.15) is 11.8 Å². The number of anilines is 1. The molecule has 0 aliphatic carbocycles. The Kier molecular flexibility index (Phi) is 4.64. The summed E-state index contributed by atoms with van der Waals surface area (Å²) < 4.78 is 0. The van der Waals surface area contributed by atoms with E-state index in [-0.39, 0.29) is 5.88 Å². The largest absolute Gasteiger partial charge is 0.493 e. The normalized spacial score (nSPS) is 15.6. The molecule has 26 heavy (non-hydrogen) atoms. The van der Waals surface area contributed by atoms with Crippen LogP contribution in [-0.2, 0) is 13.0 Å². The van der Waals surface area contributed by atoms with Crippen molar-refractivity contribution in [2.75, 3.05) is 25.0 Å². The van der Waals surface area contributed by atoms with Crippen LogP contribution in [0.4, 0.5) is 5.82 Å². The van der Waals surface area contributed by atoms with Crippen LogP contribution in [0.2, 0.25) is 0 Å². The van der Waals surface area contributed by atoms with Crippen LogP contribution in [0.1, 0.15) is 11.1 Å². The van der Waals surface area contributed by atoms with Crippen molar-refractivity contribution < 1.29 is 10.2 Å². The molecule has 0 amide bonds. The summed E-state index contributed by atoms with van der Waals surface area (Å²) in [6, 6.07) is 10.1. The number of aromatic hydroxyl groups is 1. The molecule has 0 saturated carbocycles. The van der Waals surface area contributed by atoms with Crippen LogP contribution in [0.5, 0.6) is 5.88 Å². The van der Waals surface area contributed by atoms with Crippen LogP contribution < -0.4 is 5.32 Å². The minimum atomic E-state index is -0.534. The monoisotopic (exact) mass is 351 g/mol. The first kappa shape index (κ1) is 16.7. The van der Waals surface area contributed by atoms with Crippen LogP contribution in [0, 0.1) is 0 Å². The zero-order chi connectivity index (χ0) is 17.9. The molecular weight excluding hydrogens is 330 g/mol. The Morgan fingerprint density at radius 3 is 2.85 bits per heavy atom. The maximum absolute atomic E-state index is 10.4. The minimum Gasteiger partial charge on any atom is -0.493 e. The minimum absolute atomic E-state index is 0.0759. The van der Waals surface area contributed by atoms with E-state index in [0.717, 1.165) is 19.5 Å². The third-order valence-electron chi connectivity index (χ3n) is 4.72. The van der Waals surface area contributed by atoms with Gasteiger partial charge in [0.05, 0.1) is 11.5 Å². The predicted octanol–water partition coefficient (Wildman–Crippen LogP) is 1.56. The van der Waals surface area contributed by atoms with Crippen molar-refractivity contribution in [3.8, 4) is 5.88 Å². The molecule has 1 unspecified atom stereocenters. The van der Waals surface area contributed by atoms with Gasteiger partial charge in [-0.05, 0) is 23.6 Å². The molecular formula is C19H21N5O2. The number of hydrogen-bond acceptors (Lipinski definition) is 7. The summed E-state index contributed by atoms with van der Waals surface area (Å²) in [5.41, 5.74) is 3.27. The molecule has 0 saturated heterocycles. The van der Waals surface area contributed by atoms with E-state index in [4.69, 9.17) is 0 Å². The molecule has 3 N–H and O–H groups in total. The standard InChI is InChI=1S/C19H21N5O2/c25-15(11-24-8-6-13-3-1-2-4-14(13)10-24)9-21-18-17-16(5-7-20-18)19(26)23-12-22-17/h1-5,7,12,15,25H,6,8-11H2,(H,20,21)(H,22,23,26). The summed E-state index contributed by atoms with van der Waals surface area (Å²) >= 11 is 0. The van der Waals surface area contributed by atoms with Crippen molar-refractivity contribution in [3.05, 3.63) is 54.0 Å². The van der Waals surface area contributed by atoms with Crippen molar-refractivity contribution in [1.82, 2.24) is 19.9 Å². The average Bonchev–Trinajstić information content (AvgIpc) is 2.67. The molecule has 7 nitrogen and oxygen atoms in total. The van der Waals surface area contributed by atoms with E-state index in [1.807, 2.05) is 0 Å². The first-order chi connectivity index (χ1) is 12.7. The highest BCUT2D eigenvalue weighted by molar-refractivity contribution is 5.90. The first-order valence-corrected chi connectivity index (χ1v) is 8.70. The maximum Gasteiger partial charge on any atom is 0.222 e. The Balaban J connectivity index is 1.38. The van der Waals surface area contributed by atoms with Gasteiger partial charge in [-0.15, -0.1) is 0 Å². The van der Waals surface area contributed by atoms with Crippen molar-refractivity contribution in [2.24, 2.45) is 0 Å². The number of nitrogens with zero attached hydrogens (tertiary/aromatic N) is 4. The molecule has 3 aromatic rings. The van der Waals surface area contributed by atoms with Crippen molar-refractivity contribution in [3.63, 3.8) is 0 Å². The first-order valence-electron chi connectivity index (χ1n) is 8.70. The predicted molar refractivity (Wildman–Crippen MR) is 98.9 cm³/mol. The Morgan fingerprint density at radius 2 is 1.96 bits per heavy atom. The topological polar surface area (TPSA) is 94.4 Å². The second-order valence-electron chi connectivity index (χ2n) is 6.54. The van der Waals surface area contributed by atoms with Crippen molar-refractivity contribution in [2.45, 2.75) is 19.1 Å². The highest BCUT2D eigenvalue weighted by atomic mass is 16.3. The number of β-amino-alcohol motifs (C(OH)–C–C–N with tert-alkyl or cyclic N) is 1. The molecule has 0 fully saturated rings. The molecule has 4 rings (SSSR count). The van der Waals surface area contributed by atoms with E-state index in [1.165, 1.54) is 17.5 Å². The number of benzene rings is 1. The number of fused-ring (bicyclic) bond motifs is 2. The summed E-state index contributed by atoms with van der Waals surface area (Å²) in [7, 11) is 0. The zero-order valence-corrected chi connectivity index (χ0v) is 14.3. The Hall–Kier alpha value is -2.77. The van der Waals surface area contributed by atoms with Gasteiger partial charge in [0.25, 0.3) is 0 Å². The number of pyridine rings is 1.